The maximum atomic E-state index is 11.1. The van der Waals surface area contributed by atoms with Gasteiger partial charge in [-0.15, -0.1) is 0 Å². The minimum absolute atomic E-state index is 0.135. The Hall–Kier alpha value is -1.30. The van der Waals surface area contributed by atoms with E-state index in [1.54, 1.807) is 6.92 Å². The van der Waals surface area contributed by atoms with E-state index in [-0.39, 0.29) is 5.57 Å². The number of nitrogens with zero attached hydrogens (tertiary/aromatic N) is 1. The van der Waals surface area contributed by atoms with Crippen molar-refractivity contribution in [1.29, 1.82) is 5.26 Å². The molecule has 0 saturated heterocycles. The van der Waals surface area contributed by atoms with Crippen LogP contribution < -0.4 is 0 Å². The molecule has 0 radical (unpaired) electrons. The Labute approximate surface area is 79.0 Å². The Morgan fingerprint density at radius 2 is 2.08 bits per heavy atom. The van der Waals surface area contributed by atoms with Crippen LogP contribution in [0.5, 0.6) is 0 Å². The molecule has 0 aliphatic carbocycles. The highest BCUT2D eigenvalue weighted by molar-refractivity contribution is 5.93. The quantitative estimate of drug-likeness (QED) is 0.380. The molecule has 0 aromatic rings. The van der Waals surface area contributed by atoms with Crippen molar-refractivity contribution >= 4 is 5.97 Å². The number of hydrogen-bond acceptors (Lipinski definition) is 3. The summed E-state index contributed by atoms with van der Waals surface area (Å²) in [4.78, 5) is 11.1. The maximum Gasteiger partial charge on any atom is 0.348 e. The highest BCUT2D eigenvalue weighted by Crippen LogP contribution is 2.14. The first-order valence-electron chi connectivity index (χ1n) is 4.21. The molecular formula is C10H15NO2. The second-order valence-electron chi connectivity index (χ2n) is 3.36. The zero-order valence-corrected chi connectivity index (χ0v) is 8.55. The molecule has 0 amide bonds. The molecule has 0 atom stereocenters. The standard InChI is InChI=1S/C10H15NO2/c1-7(2)5-8(3)9(6-11)10(12)13-4/h7H,5H2,1-4H3/b9-8+. The van der Waals surface area contributed by atoms with Gasteiger partial charge in [0, 0.05) is 0 Å². The SMILES string of the molecule is COC(=O)/C(C#N)=C(\C)CC(C)C. The van der Waals surface area contributed by atoms with Gasteiger partial charge in [0.15, 0.2) is 0 Å². The average molecular weight is 181 g/mol. The van der Waals surface area contributed by atoms with Gasteiger partial charge in [-0.1, -0.05) is 13.8 Å². The summed E-state index contributed by atoms with van der Waals surface area (Å²) >= 11 is 0. The van der Waals surface area contributed by atoms with Gasteiger partial charge < -0.3 is 4.74 Å². The van der Waals surface area contributed by atoms with Crippen molar-refractivity contribution in [3.63, 3.8) is 0 Å². The second-order valence-corrected chi connectivity index (χ2v) is 3.36. The van der Waals surface area contributed by atoms with Crippen LogP contribution in [-0.2, 0) is 9.53 Å². The molecule has 0 heterocycles. The lowest BCUT2D eigenvalue weighted by atomic mass is 10.0. The number of hydrogen-bond donors (Lipinski definition) is 0. The number of carbonyl (C=O) groups is 1. The number of rotatable bonds is 3. The van der Waals surface area contributed by atoms with Crippen molar-refractivity contribution in [1.82, 2.24) is 0 Å². The van der Waals surface area contributed by atoms with E-state index >= 15 is 0 Å². The van der Waals surface area contributed by atoms with Crippen molar-refractivity contribution < 1.29 is 9.53 Å². The molecule has 0 aromatic heterocycles. The number of esters is 1. The molecule has 3 nitrogen and oxygen atoms in total. The van der Waals surface area contributed by atoms with Gasteiger partial charge in [0.25, 0.3) is 0 Å². The second kappa shape index (κ2) is 5.36. The first-order valence-corrected chi connectivity index (χ1v) is 4.21. The van der Waals surface area contributed by atoms with Crippen LogP contribution in [0.4, 0.5) is 0 Å². The van der Waals surface area contributed by atoms with Crippen LogP contribution in [0.1, 0.15) is 27.2 Å². The number of nitriles is 1. The van der Waals surface area contributed by atoms with E-state index in [0.29, 0.717) is 5.92 Å². The summed E-state index contributed by atoms with van der Waals surface area (Å²) in [7, 11) is 1.28. The van der Waals surface area contributed by atoms with E-state index in [0.717, 1.165) is 12.0 Å². The lowest BCUT2D eigenvalue weighted by molar-refractivity contribution is -0.135. The van der Waals surface area contributed by atoms with E-state index in [4.69, 9.17) is 5.26 Å². The third-order valence-electron chi connectivity index (χ3n) is 1.64. The summed E-state index contributed by atoms with van der Waals surface area (Å²) in [5.74, 6) is -0.103. The molecule has 0 fully saturated rings. The van der Waals surface area contributed by atoms with Crippen molar-refractivity contribution in [3.8, 4) is 6.07 Å². The molecule has 0 aliphatic rings. The van der Waals surface area contributed by atoms with Crippen molar-refractivity contribution in [2.24, 2.45) is 5.92 Å². The molecule has 72 valence electrons. The van der Waals surface area contributed by atoms with Gasteiger partial charge in [0.1, 0.15) is 11.6 Å². The summed E-state index contributed by atoms with van der Waals surface area (Å²) in [5, 5.41) is 8.70. The summed E-state index contributed by atoms with van der Waals surface area (Å²) in [5.41, 5.74) is 0.931. The molecule has 0 aromatic carbocycles. The molecule has 3 heteroatoms. The highest BCUT2D eigenvalue weighted by atomic mass is 16.5. The van der Waals surface area contributed by atoms with Crippen LogP contribution in [0.25, 0.3) is 0 Å². The van der Waals surface area contributed by atoms with Crippen LogP contribution in [0.2, 0.25) is 0 Å². The van der Waals surface area contributed by atoms with Gasteiger partial charge in [-0.3, -0.25) is 0 Å². The predicted molar refractivity (Wildman–Crippen MR) is 49.8 cm³/mol. The normalized spacial score (nSPS) is 12.0. The first-order chi connectivity index (χ1) is 6.02. The largest absolute Gasteiger partial charge is 0.465 e. The van der Waals surface area contributed by atoms with E-state index in [1.807, 2.05) is 19.9 Å². The minimum Gasteiger partial charge on any atom is -0.465 e. The third-order valence-corrected chi connectivity index (χ3v) is 1.64. The monoisotopic (exact) mass is 181 g/mol. The molecule has 0 rings (SSSR count). The van der Waals surface area contributed by atoms with E-state index < -0.39 is 5.97 Å². The van der Waals surface area contributed by atoms with E-state index in [2.05, 4.69) is 4.74 Å². The fraction of sp³-hybridized carbons (Fsp3) is 0.600. The summed E-state index contributed by atoms with van der Waals surface area (Å²) in [6, 6.07) is 1.86. The van der Waals surface area contributed by atoms with Crippen molar-refractivity contribution in [3.05, 3.63) is 11.1 Å². The van der Waals surface area contributed by atoms with Crippen LogP contribution in [0.3, 0.4) is 0 Å². The van der Waals surface area contributed by atoms with E-state index in [1.165, 1.54) is 7.11 Å². The molecule has 0 unspecified atom stereocenters. The fourth-order valence-corrected chi connectivity index (χ4v) is 1.13. The van der Waals surface area contributed by atoms with Gasteiger partial charge >= 0.3 is 5.97 Å². The molecule has 13 heavy (non-hydrogen) atoms. The Kier molecular flexibility index (Phi) is 4.83. The van der Waals surface area contributed by atoms with Crippen molar-refractivity contribution in [2.75, 3.05) is 7.11 Å². The number of ether oxygens (including phenoxy) is 1. The maximum absolute atomic E-state index is 11.1. The average Bonchev–Trinajstić information content (AvgIpc) is 2.03. The van der Waals surface area contributed by atoms with E-state index in [9.17, 15) is 4.79 Å². The van der Waals surface area contributed by atoms with Gasteiger partial charge in [0.05, 0.1) is 7.11 Å². The molecule has 0 aliphatic heterocycles. The van der Waals surface area contributed by atoms with Crippen LogP contribution >= 0.6 is 0 Å². The Bertz CT molecular complexity index is 259. The minimum atomic E-state index is -0.541. The van der Waals surface area contributed by atoms with Crippen LogP contribution in [0.15, 0.2) is 11.1 Å². The summed E-state index contributed by atoms with van der Waals surface area (Å²) < 4.78 is 4.49. The lowest BCUT2D eigenvalue weighted by Gasteiger charge is -2.06. The Morgan fingerprint density at radius 1 is 1.54 bits per heavy atom. The Morgan fingerprint density at radius 3 is 2.38 bits per heavy atom. The predicted octanol–water partition coefficient (Wildman–Crippen LogP) is 2.05. The van der Waals surface area contributed by atoms with Crippen LogP contribution in [0, 0.1) is 17.2 Å². The molecule has 0 spiro atoms. The fourth-order valence-electron chi connectivity index (χ4n) is 1.13. The summed E-state index contributed by atoms with van der Waals surface area (Å²) in [6.07, 6.45) is 0.748. The molecule has 0 N–H and O–H groups in total. The van der Waals surface area contributed by atoms with Crippen molar-refractivity contribution in [2.45, 2.75) is 27.2 Å². The Balaban J connectivity index is 4.72. The molecular weight excluding hydrogens is 166 g/mol. The number of carbonyl (C=O) groups excluding carboxylic acids is 1. The van der Waals surface area contributed by atoms with Gasteiger partial charge in [0.2, 0.25) is 0 Å². The van der Waals surface area contributed by atoms with Gasteiger partial charge in [-0.05, 0) is 24.8 Å². The zero-order valence-electron chi connectivity index (χ0n) is 8.55. The van der Waals surface area contributed by atoms with Gasteiger partial charge in [-0.25, -0.2) is 4.79 Å². The first kappa shape index (κ1) is 11.7. The molecule has 0 bridgehead atoms. The van der Waals surface area contributed by atoms with Gasteiger partial charge in [-0.2, -0.15) is 5.26 Å². The van der Waals surface area contributed by atoms with Crippen LogP contribution in [-0.4, -0.2) is 13.1 Å². The third kappa shape index (κ3) is 3.75. The highest BCUT2D eigenvalue weighted by Gasteiger charge is 2.12. The topological polar surface area (TPSA) is 50.1 Å². The lowest BCUT2D eigenvalue weighted by Crippen LogP contribution is -2.06. The number of allylic oxidation sites excluding steroid dienone is 1. The number of methoxy groups -OCH3 is 1. The zero-order chi connectivity index (χ0) is 10.4. The summed E-state index contributed by atoms with van der Waals surface area (Å²) in [6.45, 7) is 5.86. The molecule has 0 saturated carbocycles. The smallest absolute Gasteiger partial charge is 0.348 e.